The number of nitrogens with zero attached hydrogens (tertiary/aromatic N) is 2. The van der Waals surface area contributed by atoms with Crippen LogP contribution in [0.2, 0.25) is 15.1 Å². The number of hydrogen-bond acceptors (Lipinski definition) is 2. The minimum atomic E-state index is -0.640. The summed E-state index contributed by atoms with van der Waals surface area (Å²) in [5, 5.41) is 1.73. The zero-order chi connectivity index (χ0) is 20.7. The van der Waals surface area contributed by atoms with Crippen LogP contribution in [0.4, 0.5) is 4.39 Å². The number of alkyl halides is 1. The van der Waals surface area contributed by atoms with E-state index in [1.807, 2.05) is 12.1 Å². The molecule has 0 saturated carbocycles. The third-order valence-corrected chi connectivity index (χ3v) is 6.05. The number of hydrogen-bond donors (Lipinski definition) is 0. The summed E-state index contributed by atoms with van der Waals surface area (Å²) >= 11 is 21.9. The van der Waals surface area contributed by atoms with Crippen LogP contribution in [0.5, 0.6) is 0 Å². The van der Waals surface area contributed by atoms with E-state index < -0.39 is 5.82 Å². The van der Waals surface area contributed by atoms with Crippen molar-refractivity contribution in [2.45, 2.75) is 5.33 Å². The molecule has 146 valence electrons. The van der Waals surface area contributed by atoms with Crippen molar-refractivity contribution in [2.24, 2.45) is 0 Å². The second kappa shape index (κ2) is 8.07. The Morgan fingerprint density at radius 2 is 1.83 bits per heavy atom. The summed E-state index contributed by atoms with van der Waals surface area (Å²) in [6, 6.07) is 14.4. The summed E-state index contributed by atoms with van der Waals surface area (Å²) in [5.41, 5.74) is 1.71. The molecule has 0 bridgehead atoms. The van der Waals surface area contributed by atoms with Crippen LogP contribution in [0.25, 0.3) is 28.0 Å². The van der Waals surface area contributed by atoms with Gasteiger partial charge in [0, 0.05) is 15.9 Å². The highest BCUT2D eigenvalue weighted by Gasteiger charge is 2.19. The van der Waals surface area contributed by atoms with Crippen LogP contribution in [0, 0.1) is 5.82 Å². The van der Waals surface area contributed by atoms with Gasteiger partial charge >= 0.3 is 0 Å². The molecule has 29 heavy (non-hydrogen) atoms. The predicted molar refractivity (Wildman–Crippen MR) is 120 cm³/mol. The van der Waals surface area contributed by atoms with E-state index in [-0.39, 0.29) is 22.1 Å². The fourth-order valence-electron chi connectivity index (χ4n) is 3.06. The molecule has 0 aliphatic heterocycles. The molecule has 0 aliphatic carbocycles. The zero-order valence-electron chi connectivity index (χ0n) is 14.6. The summed E-state index contributed by atoms with van der Waals surface area (Å²) < 4.78 is 15.5. The summed E-state index contributed by atoms with van der Waals surface area (Å²) in [7, 11) is 0. The lowest BCUT2D eigenvalue weighted by Crippen LogP contribution is -2.22. The van der Waals surface area contributed by atoms with Crippen LogP contribution in [0.15, 0.2) is 59.4 Å². The van der Waals surface area contributed by atoms with E-state index in [1.165, 1.54) is 16.7 Å². The van der Waals surface area contributed by atoms with Crippen molar-refractivity contribution in [3.8, 4) is 17.1 Å². The highest BCUT2D eigenvalue weighted by molar-refractivity contribution is 9.08. The number of aromatic nitrogens is 2. The lowest BCUT2D eigenvalue weighted by atomic mass is 10.1. The summed E-state index contributed by atoms with van der Waals surface area (Å²) in [5.74, 6) is -0.363. The monoisotopic (exact) mass is 510 g/mol. The van der Waals surface area contributed by atoms with E-state index in [2.05, 4.69) is 20.9 Å². The topological polar surface area (TPSA) is 34.9 Å². The molecule has 0 saturated heterocycles. The highest BCUT2D eigenvalue weighted by Crippen LogP contribution is 2.33. The molecular formula is C21H11BrCl3FN2O. The summed E-state index contributed by atoms with van der Waals surface area (Å²) in [6.07, 6.45) is 0. The van der Waals surface area contributed by atoms with Crippen molar-refractivity contribution in [1.82, 2.24) is 9.55 Å². The van der Waals surface area contributed by atoms with Gasteiger partial charge in [0.25, 0.3) is 5.56 Å². The molecule has 0 amide bonds. The Hall–Kier alpha value is -1.92. The maximum atomic E-state index is 14.2. The Kier molecular flexibility index (Phi) is 5.67. The van der Waals surface area contributed by atoms with Gasteiger partial charge in [0.15, 0.2) is 0 Å². The largest absolute Gasteiger partial charge is 0.268 e. The van der Waals surface area contributed by atoms with E-state index in [0.29, 0.717) is 31.8 Å². The van der Waals surface area contributed by atoms with Gasteiger partial charge in [0.1, 0.15) is 11.6 Å². The third-order valence-electron chi connectivity index (χ3n) is 4.46. The molecule has 1 heterocycles. The second-order valence-corrected chi connectivity index (χ2v) is 8.03. The molecule has 0 fully saturated rings. The highest BCUT2D eigenvalue weighted by atomic mass is 79.9. The molecule has 3 nitrogen and oxygen atoms in total. The van der Waals surface area contributed by atoms with E-state index in [9.17, 15) is 9.18 Å². The molecule has 1 aromatic heterocycles. The summed E-state index contributed by atoms with van der Waals surface area (Å²) in [4.78, 5) is 18.0. The molecule has 0 aliphatic rings. The average Bonchev–Trinajstić information content (AvgIpc) is 2.70. The Morgan fingerprint density at radius 1 is 1.03 bits per heavy atom. The predicted octanol–water partition coefficient (Wildman–Crippen LogP) is 7.05. The molecule has 0 N–H and O–H groups in total. The van der Waals surface area contributed by atoms with Crippen molar-refractivity contribution >= 4 is 61.6 Å². The quantitative estimate of drug-likeness (QED) is 0.276. The van der Waals surface area contributed by atoms with Crippen molar-refractivity contribution in [2.75, 3.05) is 0 Å². The van der Waals surface area contributed by atoms with Gasteiger partial charge in [-0.1, -0.05) is 62.9 Å². The smallest absolute Gasteiger partial charge is 0.266 e. The van der Waals surface area contributed by atoms with E-state index in [1.54, 1.807) is 30.3 Å². The lowest BCUT2D eigenvalue weighted by Gasteiger charge is -2.16. The van der Waals surface area contributed by atoms with Crippen LogP contribution in [-0.4, -0.2) is 9.55 Å². The average molecular weight is 513 g/mol. The molecular weight excluding hydrogens is 502 g/mol. The van der Waals surface area contributed by atoms with Gasteiger partial charge in [-0.3, -0.25) is 9.36 Å². The number of rotatable bonds is 3. The first kappa shape index (κ1) is 20.4. The molecule has 3 aromatic carbocycles. The second-order valence-electron chi connectivity index (χ2n) is 6.25. The van der Waals surface area contributed by atoms with Crippen LogP contribution < -0.4 is 5.56 Å². The molecule has 0 unspecified atom stereocenters. The maximum Gasteiger partial charge on any atom is 0.266 e. The Bertz CT molecular complexity index is 1320. The van der Waals surface area contributed by atoms with Crippen LogP contribution in [0.3, 0.4) is 0 Å². The van der Waals surface area contributed by atoms with Crippen molar-refractivity contribution in [3.05, 3.63) is 91.4 Å². The van der Waals surface area contributed by atoms with Gasteiger partial charge in [-0.15, -0.1) is 0 Å². The van der Waals surface area contributed by atoms with Gasteiger partial charge in [-0.25, -0.2) is 9.37 Å². The van der Waals surface area contributed by atoms with Crippen LogP contribution in [0.1, 0.15) is 5.56 Å². The Balaban J connectivity index is 2.14. The van der Waals surface area contributed by atoms with Crippen LogP contribution >= 0.6 is 50.7 Å². The first-order valence-electron chi connectivity index (χ1n) is 8.42. The zero-order valence-corrected chi connectivity index (χ0v) is 18.4. The van der Waals surface area contributed by atoms with E-state index in [4.69, 9.17) is 34.8 Å². The fraction of sp³-hybridized carbons (Fsp3) is 0.0476. The van der Waals surface area contributed by atoms with Crippen molar-refractivity contribution in [3.63, 3.8) is 0 Å². The molecule has 0 radical (unpaired) electrons. The van der Waals surface area contributed by atoms with E-state index >= 15 is 0 Å². The number of fused-ring (bicyclic) bond motifs is 1. The SMILES string of the molecule is O=c1c2ccc(Cl)cc2nc(-c2cccc(CBr)c2Cl)n1-c1ccc(Cl)c(F)c1. The Labute approximate surface area is 188 Å². The first-order valence-corrected chi connectivity index (χ1v) is 10.7. The molecule has 4 rings (SSSR count). The molecule has 4 aromatic rings. The normalized spacial score (nSPS) is 11.2. The van der Waals surface area contributed by atoms with Crippen molar-refractivity contribution < 1.29 is 4.39 Å². The number of halogens is 5. The minimum Gasteiger partial charge on any atom is -0.268 e. The van der Waals surface area contributed by atoms with Gasteiger partial charge in [0.2, 0.25) is 0 Å². The van der Waals surface area contributed by atoms with Gasteiger partial charge in [0.05, 0.1) is 26.6 Å². The van der Waals surface area contributed by atoms with Crippen molar-refractivity contribution in [1.29, 1.82) is 0 Å². The third kappa shape index (κ3) is 3.68. The van der Waals surface area contributed by atoms with Crippen LogP contribution in [-0.2, 0) is 5.33 Å². The molecule has 0 spiro atoms. The van der Waals surface area contributed by atoms with Gasteiger partial charge < -0.3 is 0 Å². The minimum absolute atomic E-state index is 0.0387. The summed E-state index contributed by atoms with van der Waals surface area (Å²) in [6.45, 7) is 0. The lowest BCUT2D eigenvalue weighted by molar-refractivity contribution is 0.627. The van der Waals surface area contributed by atoms with Gasteiger partial charge in [-0.05, 0) is 48.0 Å². The standard InChI is InChI=1S/C21H11BrCl3FN2O/c22-10-11-2-1-3-15(19(11)25)20-27-18-8-12(23)4-6-14(18)21(29)28(20)13-5-7-16(24)17(26)9-13/h1-9H,10H2. The van der Waals surface area contributed by atoms with E-state index in [0.717, 1.165) is 5.56 Å². The molecule has 8 heteroatoms. The van der Waals surface area contributed by atoms with Gasteiger partial charge in [-0.2, -0.15) is 0 Å². The Morgan fingerprint density at radius 3 is 2.55 bits per heavy atom. The first-order chi connectivity index (χ1) is 13.9. The maximum absolute atomic E-state index is 14.2. The number of benzene rings is 3. The fourth-order valence-corrected chi connectivity index (χ4v) is 4.25. The molecule has 0 atom stereocenters.